The van der Waals surface area contributed by atoms with E-state index in [1.54, 1.807) is 6.92 Å². The number of aryl methyl sites for hydroxylation is 1. The third kappa shape index (κ3) is 2.47. The molecule has 0 aliphatic rings. The molecular weight excluding hydrogens is 256 g/mol. The van der Waals surface area contributed by atoms with Crippen molar-refractivity contribution in [1.29, 1.82) is 0 Å². The molecule has 1 unspecified atom stereocenters. The van der Waals surface area contributed by atoms with Crippen molar-refractivity contribution in [3.8, 4) is 0 Å². The molecule has 104 valence electrons. The van der Waals surface area contributed by atoms with Crippen LogP contribution in [0.4, 0.5) is 0 Å². The molecule has 1 heterocycles. The minimum Gasteiger partial charge on any atom is -0.313 e. The lowest BCUT2D eigenvalue weighted by Crippen LogP contribution is -2.39. The maximum absolute atomic E-state index is 12.2. The van der Waals surface area contributed by atoms with Crippen LogP contribution in [0.25, 0.3) is 0 Å². The summed E-state index contributed by atoms with van der Waals surface area (Å²) in [6.45, 7) is 5.02. The van der Waals surface area contributed by atoms with Gasteiger partial charge >= 0.3 is 5.69 Å². The van der Waals surface area contributed by atoms with Gasteiger partial charge in [-0.25, -0.2) is 4.79 Å². The van der Waals surface area contributed by atoms with Gasteiger partial charge < -0.3 is 4.98 Å². The maximum atomic E-state index is 12.2. The summed E-state index contributed by atoms with van der Waals surface area (Å²) in [6.07, 6.45) is 1.17. The van der Waals surface area contributed by atoms with Crippen molar-refractivity contribution >= 4 is 5.78 Å². The van der Waals surface area contributed by atoms with E-state index in [-0.39, 0.29) is 11.3 Å². The number of Topliss-reactive ketones (excluding diaryl/α,β-unsaturated/α-hetero) is 1. The second kappa shape index (κ2) is 5.28. The van der Waals surface area contributed by atoms with E-state index in [9.17, 15) is 14.4 Å². The molecule has 0 fully saturated rings. The lowest BCUT2D eigenvalue weighted by molar-refractivity contribution is 0.101. The molecule has 2 rings (SSSR count). The van der Waals surface area contributed by atoms with Crippen molar-refractivity contribution in [3.63, 3.8) is 0 Å². The second-order valence-corrected chi connectivity index (χ2v) is 4.83. The molecule has 0 aliphatic carbocycles. The van der Waals surface area contributed by atoms with Crippen LogP contribution in [0.5, 0.6) is 0 Å². The Balaban J connectivity index is 2.60. The molecule has 5 heteroatoms. The molecule has 1 atom stereocenters. The lowest BCUT2D eigenvalue weighted by atomic mass is 10.1. The van der Waals surface area contributed by atoms with Gasteiger partial charge in [0.25, 0.3) is 5.56 Å². The Morgan fingerprint density at radius 3 is 2.35 bits per heavy atom. The Morgan fingerprint density at radius 2 is 1.80 bits per heavy atom. The van der Waals surface area contributed by atoms with Crippen LogP contribution in [0.15, 0.2) is 40.1 Å². The fourth-order valence-electron chi connectivity index (χ4n) is 2.09. The minimum absolute atomic E-state index is 0.0106. The van der Waals surface area contributed by atoms with Gasteiger partial charge in [-0.2, -0.15) is 0 Å². The van der Waals surface area contributed by atoms with E-state index < -0.39 is 17.3 Å². The van der Waals surface area contributed by atoms with Crippen molar-refractivity contribution in [2.24, 2.45) is 0 Å². The summed E-state index contributed by atoms with van der Waals surface area (Å²) in [4.78, 5) is 38.0. The summed E-state index contributed by atoms with van der Waals surface area (Å²) < 4.78 is 1.07. The van der Waals surface area contributed by atoms with Crippen molar-refractivity contribution in [1.82, 2.24) is 9.55 Å². The van der Waals surface area contributed by atoms with E-state index >= 15 is 0 Å². The van der Waals surface area contributed by atoms with Crippen LogP contribution in [0, 0.1) is 6.92 Å². The van der Waals surface area contributed by atoms with E-state index in [1.807, 2.05) is 31.2 Å². The number of aromatic amines is 1. The summed E-state index contributed by atoms with van der Waals surface area (Å²) in [5, 5.41) is 0. The summed E-state index contributed by atoms with van der Waals surface area (Å²) in [5.41, 5.74) is 0.842. The Hall–Kier alpha value is -2.43. The molecule has 0 radical (unpaired) electrons. The van der Waals surface area contributed by atoms with Crippen LogP contribution in [0.1, 0.15) is 41.4 Å². The SMILES string of the molecule is CC(=O)c1c[nH]c(=O)n(C(C)c2ccc(C)cc2)c1=O. The first-order chi connectivity index (χ1) is 9.41. The van der Waals surface area contributed by atoms with E-state index in [4.69, 9.17) is 0 Å². The quantitative estimate of drug-likeness (QED) is 0.864. The zero-order valence-electron chi connectivity index (χ0n) is 11.6. The molecule has 0 saturated carbocycles. The van der Waals surface area contributed by atoms with Crippen LogP contribution in [0.3, 0.4) is 0 Å². The highest BCUT2D eigenvalue weighted by atomic mass is 16.2. The maximum Gasteiger partial charge on any atom is 0.328 e. The van der Waals surface area contributed by atoms with E-state index in [0.29, 0.717) is 0 Å². The number of H-pyrrole nitrogens is 1. The monoisotopic (exact) mass is 272 g/mol. The van der Waals surface area contributed by atoms with E-state index in [2.05, 4.69) is 4.98 Å². The summed E-state index contributed by atoms with van der Waals surface area (Å²) in [5.74, 6) is -0.365. The topological polar surface area (TPSA) is 71.9 Å². The molecule has 1 aromatic heterocycles. The molecule has 20 heavy (non-hydrogen) atoms. The van der Waals surface area contributed by atoms with Crippen LogP contribution in [-0.4, -0.2) is 15.3 Å². The average Bonchev–Trinajstić information content (AvgIpc) is 2.38. The van der Waals surface area contributed by atoms with Crippen LogP contribution in [0.2, 0.25) is 0 Å². The van der Waals surface area contributed by atoms with Gasteiger partial charge in [-0.1, -0.05) is 29.8 Å². The number of aromatic nitrogens is 2. The third-order valence-electron chi connectivity index (χ3n) is 3.33. The zero-order valence-corrected chi connectivity index (χ0v) is 11.6. The standard InChI is InChI=1S/C15H16N2O3/c1-9-4-6-12(7-5-9)10(2)17-14(19)13(11(3)18)8-16-15(17)20/h4-8,10H,1-3H3,(H,16,20). The average molecular weight is 272 g/mol. The molecular formula is C15H16N2O3. The van der Waals surface area contributed by atoms with Crippen molar-refractivity contribution < 1.29 is 4.79 Å². The summed E-state index contributed by atoms with van der Waals surface area (Å²) in [7, 11) is 0. The van der Waals surface area contributed by atoms with Crippen LogP contribution >= 0.6 is 0 Å². The van der Waals surface area contributed by atoms with Gasteiger partial charge in [-0.15, -0.1) is 0 Å². The van der Waals surface area contributed by atoms with E-state index in [0.717, 1.165) is 15.7 Å². The zero-order chi connectivity index (χ0) is 14.9. The molecule has 5 nitrogen and oxygen atoms in total. The van der Waals surface area contributed by atoms with E-state index in [1.165, 1.54) is 13.1 Å². The molecule has 1 aromatic carbocycles. The Labute approximate surface area is 115 Å². The predicted octanol–water partition coefficient (Wildman–Crippen LogP) is 1.66. The Morgan fingerprint density at radius 1 is 1.20 bits per heavy atom. The van der Waals surface area contributed by atoms with Gasteiger partial charge in [-0.05, 0) is 26.3 Å². The lowest BCUT2D eigenvalue weighted by Gasteiger charge is -2.15. The van der Waals surface area contributed by atoms with Gasteiger partial charge in [0.15, 0.2) is 5.78 Å². The molecule has 0 aliphatic heterocycles. The Kier molecular flexibility index (Phi) is 3.70. The highest BCUT2D eigenvalue weighted by Crippen LogP contribution is 2.15. The minimum atomic E-state index is -0.561. The first kappa shape index (κ1) is 14.0. The van der Waals surface area contributed by atoms with Crippen molar-refractivity contribution in [2.75, 3.05) is 0 Å². The Bertz CT molecular complexity index is 754. The molecule has 0 amide bonds. The second-order valence-electron chi connectivity index (χ2n) is 4.83. The third-order valence-corrected chi connectivity index (χ3v) is 3.33. The number of ketones is 1. The first-order valence-electron chi connectivity index (χ1n) is 6.33. The van der Waals surface area contributed by atoms with Crippen molar-refractivity contribution in [2.45, 2.75) is 26.8 Å². The summed E-state index contributed by atoms with van der Waals surface area (Å²) in [6, 6.07) is 7.13. The normalized spacial score (nSPS) is 12.2. The highest BCUT2D eigenvalue weighted by Gasteiger charge is 2.16. The van der Waals surface area contributed by atoms with Gasteiger partial charge in [0.05, 0.1) is 11.6 Å². The number of nitrogens with one attached hydrogen (secondary N) is 1. The number of hydrogen-bond donors (Lipinski definition) is 1. The van der Waals surface area contributed by atoms with Gasteiger partial charge in [0.1, 0.15) is 0 Å². The number of rotatable bonds is 3. The van der Waals surface area contributed by atoms with Gasteiger partial charge in [0.2, 0.25) is 0 Å². The molecule has 0 bridgehead atoms. The van der Waals surface area contributed by atoms with Crippen LogP contribution in [-0.2, 0) is 0 Å². The number of nitrogens with zero attached hydrogens (tertiary/aromatic N) is 1. The predicted molar refractivity (Wildman–Crippen MR) is 76.3 cm³/mol. The number of hydrogen-bond acceptors (Lipinski definition) is 3. The molecule has 0 saturated heterocycles. The number of carbonyl (C=O) groups excluding carboxylic acids is 1. The highest BCUT2D eigenvalue weighted by molar-refractivity contribution is 5.93. The van der Waals surface area contributed by atoms with Crippen molar-refractivity contribution in [3.05, 3.63) is 68.0 Å². The summed E-state index contributed by atoms with van der Waals surface area (Å²) >= 11 is 0. The van der Waals surface area contributed by atoms with Crippen LogP contribution < -0.4 is 11.2 Å². The number of benzene rings is 1. The molecule has 2 aromatic rings. The fraction of sp³-hybridized carbons (Fsp3) is 0.267. The van der Waals surface area contributed by atoms with Gasteiger partial charge in [-0.3, -0.25) is 14.2 Å². The molecule has 0 spiro atoms. The van der Waals surface area contributed by atoms with Gasteiger partial charge in [0, 0.05) is 6.20 Å². The smallest absolute Gasteiger partial charge is 0.313 e. The molecule has 1 N–H and O–H groups in total. The fourth-order valence-corrected chi connectivity index (χ4v) is 2.09. The number of carbonyl (C=O) groups is 1. The first-order valence-corrected chi connectivity index (χ1v) is 6.33. The largest absolute Gasteiger partial charge is 0.328 e.